The van der Waals surface area contributed by atoms with E-state index >= 15 is 0 Å². The first-order valence-corrected chi connectivity index (χ1v) is 13.1. The van der Waals surface area contributed by atoms with Gasteiger partial charge in [0.15, 0.2) is 11.5 Å². The molecule has 2 N–H and O–H groups in total. The summed E-state index contributed by atoms with van der Waals surface area (Å²) in [6.07, 6.45) is 8.49. The third-order valence-electron chi connectivity index (χ3n) is 8.65. The Morgan fingerprint density at radius 3 is 2.72 bits per heavy atom. The molecule has 0 bridgehead atoms. The summed E-state index contributed by atoms with van der Waals surface area (Å²) in [4.78, 5) is 27.8. The van der Waals surface area contributed by atoms with Crippen LogP contribution in [-0.2, 0) is 17.4 Å². The Kier molecular flexibility index (Phi) is 4.03. The number of anilines is 2. The zero-order valence-corrected chi connectivity index (χ0v) is 20.4. The van der Waals surface area contributed by atoms with Gasteiger partial charge >= 0.3 is 0 Å². The fraction of sp³-hybridized carbons (Fsp3) is 0.429. The van der Waals surface area contributed by atoms with E-state index in [1.54, 1.807) is 6.20 Å². The lowest BCUT2D eigenvalue weighted by atomic mass is 9.88. The Labute approximate surface area is 208 Å². The summed E-state index contributed by atoms with van der Waals surface area (Å²) in [6.45, 7) is 4.22. The highest BCUT2D eigenvalue weighted by Gasteiger charge is 2.46. The normalized spacial score (nSPS) is 20.9. The van der Waals surface area contributed by atoms with Gasteiger partial charge in [-0.15, -0.1) is 0 Å². The van der Waals surface area contributed by atoms with Crippen molar-refractivity contribution in [1.29, 1.82) is 0 Å². The highest BCUT2D eigenvalue weighted by atomic mass is 16.1. The van der Waals surface area contributed by atoms with Crippen LogP contribution in [0.4, 0.5) is 11.6 Å². The maximum Gasteiger partial charge on any atom is 0.278 e. The van der Waals surface area contributed by atoms with Crippen molar-refractivity contribution in [2.24, 2.45) is 0 Å². The molecule has 3 aromatic heterocycles. The van der Waals surface area contributed by atoms with Crippen molar-refractivity contribution in [1.82, 2.24) is 29.6 Å². The molecular formula is C28H29N7O. The van der Waals surface area contributed by atoms with Crippen LogP contribution in [0.3, 0.4) is 0 Å². The van der Waals surface area contributed by atoms with Crippen molar-refractivity contribution < 1.29 is 0 Å². The van der Waals surface area contributed by atoms with Crippen molar-refractivity contribution in [3.8, 4) is 5.82 Å². The van der Waals surface area contributed by atoms with Crippen LogP contribution in [0.25, 0.3) is 16.9 Å². The van der Waals surface area contributed by atoms with E-state index in [-0.39, 0.29) is 17.0 Å². The second-order valence-electron chi connectivity index (χ2n) is 11.4. The molecule has 8 rings (SSSR count). The predicted octanol–water partition coefficient (Wildman–Crippen LogP) is 4.24. The minimum atomic E-state index is -0.0431. The summed E-state index contributed by atoms with van der Waals surface area (Å²) in [5.41, 5.74) is 5.92. The van der Waals surface area contributed by atoms with Gasteiger partial charge in [0.1, 0.15) is 5.39 Å². The van der Waals surface area contributed by atoms with Gasteiger partial charge in [0.2, 0.25) is 5.95 Å². The number of nitrogens with zero attached hydrogens (tertiary/aromatic N) is 5. The minimum absolute atomic E-state index is 0.0431. The highest BCUT2D eigenvalue weighted by molar-refractivity contribution is 5.77. The minimum Gasteiger partial charge on any atom is -0.324 e. The third-order valence-corrected chi connectivity index (χ3v) is 8.65. The first-order valence-electron chi connectivity index (χ1n) is 13.1. The van der Waals surface area contributed by atoms with Crippen LogP contribution in [0.15, 0.2) is 47.4 Å². The molecule has 36 heavy (non-hydrogen) atoms. The van der Waals surface area contributed by atoms with Crippen molar-refractivity contribution in [3.05, 3.63) is 69.8 Å². The van der Waals surface area contributed by atoms with Crippen LogP contribution in [0.1, 0.15) is 68.3 Å². The molecule has 8 nitrogen and oxygen atoms in total. The molecule has 0 radical (unpaired) electrons. The van der Waals surface area contributed by atoms with Gasteiger partial charge in [0, 0.05) is 41.5 Å². The highest BCUT2D eigenvalue weighted by Crippen LogP contribution is 2.51. The van der Waals surface area contributed by atoms with Crippen LogP contribution < -0.4 is 16.2 Å². The number of rotatable bonds is 5. The fourth-order valence-corrected chi connectivity index (χ4v) is 5.84. The fourth-order valence-electron chi connectivity index (χ4n) is 5.84. The van der Waals surface area contributed by atoms with Gasteiger partial charge in [0.25, 0.3) is 5.56 Å². The maximum atomic E-state index is 13.4. The molecule has 4 aromatic rings. The molecule has 0 atom stereocenters. The average Bonchev–Trinajstić information content (AvgIpc) is 3.79. The quantitative estimate of drug-likeness (QED) is 0.445. The molecular weight excluding hydrogens is 450 g/mol. The number of pyridine rings is 1. The van der Waals surface area contributed by atoms with Gasteiger partial charge in [-0.05, 0) is 73.9 Å². The molecule has 1 aromatic carbocycles. The zero-order chi connectivity index (χ0) is 24.1. The maximum absolute atomic E-state index is 13.4. The van der Waals surface area contributed by atoms with E-state index in [9.17, 15) is 4.79 Å². The van der Waals surface area contributed by atoms with Crippen LogP contribution >= 0.6 is 0 Å². The second kappa shape index (κ2) is 7.03. The summed E-state index contributed by atoms with van der Waals surface area (Å²) in [6, 6.07) is 12.9. The van der Waals surface area contributed by atoms with Gasteiger partial charge < -0.3 is 10.6 Å². The van der Waals surface area contributed by atoms with Crippen molar-refractivity contribution in [3.63, 3.8) is 0 Å². The van der Waals surface area contributed by atoms with Crippen LogP contribution in [0.5, 0.6) is 0 Å². The lowest BCUT2D eigenvalue weighted by Crippen LogP contribution is -2.33. The van der Waals surface area contributed by atoms with Crippen molar-refractivity contribution in [2.45, 2.75) is 68.9 Å². The number of hydrogen-bond donors (Lipinski definition) is 2. The number of nitrogens with one attached hydrogen (secondary N) is 2. The molecule has 8 heteroatoms. The van der Waals surface area contributed by atoms with Crippen molar-refractivity contribution >= 4 is 22.7 Å². The van der Waals surface area contributed by atoms with E-state index in [1.807, 2.05) is 21.5 Å². The predicted molar refractivity (Wildman–Crippen MR) is 138 cm³/mol. The van der Waals surface area contributed by atoms with Crippen LogP contribution in [0.2, 0.25) is 0 Å². The molecule has 182 valence electrons. The number of aromatic nitrogens is 5. The molecule has 3 fully saturated rings. The summed E-state index contributed by atoms with van der Waals surface area (Å²) >= 11 is 0. The zero-order valence-electron chi connectivity index (χ0n) is 20.4. The number of benzene rings is 1. The van der Waals surface area contributed by atoms with E-state index in [1.165, 1.54) is 24.0 Å². The van der Waals surface area contributed by atoms with Gasteiger partial charge in [-0.25, -0.2) is 19.3 Å². The molecule has 1 spiro atoms. The standard InChI is InChI=1S/C28H29N7O/c1-27(9-10-27)22-3-2-4-23(32-22)35-24-20(25(36)34(35)19-6-7-19)15-30-26(33-24)31-18-5-8-21-17(13-18)14-29-16-28(21)11-12-28/h2-5,8,13,15,19,29H,6-7,9-12,14,16H2,1H3,(H,30,31,33). The van der Waals surface area contributed by atoms with Crippen molar-refractivity contribution in [2.75, 3.05) is 11.9 Å². The number of hydrogen-bond acceptors (Lipinski definition) is 6. The van der Waals surface area contributed by atoms with E-state index in [0.29, 0.717) is 22.4 Å². The Hall–Kier alpha value is -3.52. The molecule has 4 heterocycles. The lowest BCUT2D eigenvalue weighted by Gasteiger charge is -2.26. The SMILES string of the molecule is CC1(c2cccc(-n3c4nc(Nc5ccc6c(c5)CNCC65CC5)ncc4c(=O)n3C3CC3)n2)CC1. The smallest absolute Gasteiger partial charge is 0.278 e. The first kappa shape index (κ1) is 20.7. The molecule has 3 aliphatic carbocycles. The van der Waals surface area contributed by atoms with E-state index in [0.717, 1.165) is 56.0 Å². The molecule has 3 saturated carbocycles. The lowest BCUT2D eigenvalue weighted by molar-refractivity contribution is 0.531. The van der Waals surface area contributed by atoms with Gasteiger partial charge in [-0.1, -0.05) is 19.1 Å². The number of fused-ring (bicyclic) bond motifs is 3. The largest absolute Gasteiger partial charge is 0.324 e. The monoisotopic (exact) mass is 479 g/mol. The molecule has 0 unspecified atom stereocenters. The average molecular weight is 480 g/mol. The van der Waals surface area contributed by atoms with E-state index in [2.05, 4.69) is 46.8 Å². The third kappa shape index (κ3) is 3.10. The van der Waals surface area contributed by atoms with Crippen LogP contribution in [-0.4, -0.2) is 30.9 Å². The second-order valence-corrected chi connectivity index (χ2v) is 11.4. The van der Waals surface area contributed by atoms with Crippen LogP contribution in [0, 0.1) is 0 Å². The summed E-state index contributed by atoms with van der Waals surface area (Å²) < 4.78 is 3.76. The van der Waals surface area contributed by atoms with Gasteiger partial charge in [-0.3, -0.25) is 4.79 Å². The molecule has 0 amide bonds. The molecule has 4 aliphatic rings. The summed E-state index contributed by atoms with van der Waals surface area (Å²) in [5, 5.41) is 7.50. The molecule has 1 aliphatic heterocycles. The Balaban J connectivity index is 1.22. The Bertz CT molecular complexity index is 1600. The first-order chi connectivity index (χ1) is 17.5. The van der Waals surface area contributed by atoms with E-state index < -0.39 is 0 Å². The van der Waals surface area contributed by atoms with Gasteiger partial charge in [-0.2, -0.15) is 4.98 Å². The van der Waals surface area contributed by atoms with E-state index in [4.69, 9.17) is 9.97 Å². The molecule has 0 saturated heterocycles. The Morgan fingerprint density at radius 1 is 1.08 bits per heavy atom. The summed E-state index contributed by atoms with van der Waals surface area (Å²) in [7, 11) is 0. The Morgan fingerprint density at radius 2 is 1.94 bits per heavy atom. The summed E-state index contributed by atoms with van der Waals surface area (Å²) in [5.74, 6) is 1.23. The topological polar surface area (TPSA) is 89.7 Å². The van der Waals surface area contributed by atoms with Gasteiger partial charge in [0.05, 0.1) is 6.04 Å².